The van der Waals surface area contributed by atoms with Crippen LogP contribution in [0.25, 0.3) is 11.1 Å². The number of hydrogen-bond donors (Lipinski definition) is 1. The third kappa shape index (κ3) is 3.20. The standard InChI is InChI=1S/C22H24N4/c1-14-5-8-21(15(2)9-14)18-6-7-19-13-26(23-12-20(19)11-18)22-24-16(3)10-17(4)25-22/h5-11,23H,12-13H2,1-4H3. The van der Waals surface area contributed by atoms with E-state index in [-0.39, 0.29) is 0 Å². The van der Waals surface area contributed by atoms with Crippen LogP contribution in [0.3, 0.4) is 0 Å². The summed E-state index contributed by atoms with van der Waals surface area (Å²) in [5.74, 6) is 0.742. The van der Waals surface area contributed by atoms with Crippen molar-refractivity contribution in [3.8, 4) is 11.1 Å². The Morgan fingerprint density at radius 1 is 0.846 bits per heavy atom. The number of aryl methyl sites for hydroxylation is 4. The lowest BCUT2D eigenvalue weighted by atomic mass is 9.94. The first-order valence-electron chi connectivity index (χ1n) is 9.02. The number of nitrogens with zero attached hydrogens (tertiary/aromatic N) is 3. The topological polar surface area (TPSA) is 41.0 Å². The molecule has 3 aromatic rings. The maximum absolute atomic E-state index is 4.57. The molecule has 1 aliphatic heterocycles. The van der Waals surface area contributed by atoms with Gasteiger partial charge in [-0.05, 0) is 67.6 Å². The second-order valence-corrected chi connectivity index (χ2v) is 7.17. The van der Waals surface area contributed by atoms with Crippen LogP contribution in [0, 0.1) is 27.7 Å². The molecular weight excluding hydrogens is 320 g/mol. The van der Waals surface area contributed by atoms with E-state index in [4.69, 9.17) is 0 Å². The predicted octanol–water partition coefficient (Wildman–Crippen LogP) is 4.40. The van der Waals surface area contributed by atoms with Gasteiger partial charge in [0, 0.05) is 17.9 Å². The third-order valence-electron chi connectivity index (χ3n) is 4.90. The number of benzene rings is 2. The number of aromatic nitrogens is 2. The quantitative estimate of drug-likeness (QED) is 0.748. The molecule has 0 aliphatic carbocycles. The summed E-state index contributed by atoms with van der Waals surface area (Å²) in [6.45, 7) is 9.88. The molecule has 1 aromatic heterocycles. The summed E-state index contributed by atoms with van der Waals surface area (Å²) in [4.78, 5) is 9.14. The van der Waals surface area contributed by atoms with E-state index >= 15 is 0 Å². The molecule has 4 heteroatoms. The Morgan fingerprint density at radius 2 is 1.62 bits per heavy atom. The molecule has 0 saturated carbocycles. The highest BCUT2D eigenvalue weighted by Crippen LogP contribution is 2.28. The normalized spacial score (nSPS) is 13.6. The first-order chi connectivity index (χ1) is 12.5. The van der Waals surface area contributed by atoms with Gasteiger partial charge in [0.15, 0.2) is 0 Å². The van der Waals surface area contributed by atoms with Gasteiger partial charge < -0.3 is 0 Å². The van der Waals surface area contributed by atoms with Crippen LogP contribution in [-0.2, 0) is 13.1 Å². The highest BCUT2D eigenvalue weighted by atomic mass is 15.5. The van der Waals surface area contributed by atoms with Gasteiger partial charge in [0.05, 0.1) is 6.54 Å². The van der Waals surface area contributed by atoms with E-state index in [2.05, 4.69) is 65.6 Å². The van der Waals surface area contributed by atoms with E-state index in [0.29, 0.717) is 0 Å². The Labute approximate surface area is 154 Å². The zero-order valence-electron chi connectivity index (χ0n) is 15.8. The summed E-state index contributed by atoms with van der Waals surface area (Å²) in [7, 11) is 0. The lowest BCUT2D eigenvalue weighted by molar-refractivity contribution is 0.566. The maximum Gasteiger partial charge on any atom is 0.240 e. The second-order valence-electron chi connectivity index (χ2n) is 7.17. The van der Waals surface area contributed by atoms with Gasteiger partial charge in [-0.15, -0.1) is 0 Å². The van der Waals surface area contributed by atoms with E-state index in [0.717, 1.165) is 30.4 Å². The molecule has 0 unspecified atom stereocenters. The molecule has 2 aromatic carbocycles. The molecular formula is C22H24N4. The molecule has 0 radical (unpaired) electrons. The van der Waals surface area contributed by atoms with Crippen LogP contribution in [0.2, 0.25) is 0 Å². The molecule has 0 bridgehead atoms. The van der Waals surface area contributed by atoms with Crippen LogP contribution in [-0.4, -0.2) is 9.97 Å². The van der Waals surface area contributed by atoms with Crippen molar-refractivity contribution in [3.63, 3.8) is 0 Å². The van der Waals surface area contributed by atoms with Crippen LogP contribution in [0.4, 0.5) is 5.95 Å². The van der Waals surface area contributed by atoms with Crippen molar-refractivity contribution < 1.29 is 0 Å². The van der Waals surface area contributed by atoms with E-state index in [1.807, 2.05) is 24.9 Å². The zero-order valence-corrected chi connectivity index (χ0v) is 15.8. The fraction of sp³-hybridized carbons (Fsp3) is 0.273. The van der Waals surface area contributed by atoms with Crippen molar-refractivity contribution in [2.45, 2.75) is 40.8 Å². The highest BCUT2D eigenvalue weighted by molar-refractivity contribution is 5.69. The van der Waals surface area contributed by atoms with Gasteiger partial charge in [-0.2, -0.15) is 0 Å². The Balaban J connectivity index is 1.63. The van der Waals surface area contributed by atoms with Gasteiger partial charge in [0.25, 0.3) is 0 Å². The Hall–Kier alpha value is -2.72. The van der Waals surface area contributed by atoms with Crippen molar-refractivity contribution in [2.24, 2.45) is 0 Å². The smallest absolute Gasteiger partial charge is 0.240 e. The number of hydrogen-bond acceptors (Lipinski definition) is 4. The van der Waals surface area contributed by atoms with Crippen molar-refractivity contribution >= 4 is 5.95 Å². The maximum atomic E-state index is 4.57. The van der Waals surface area contributed by atoms with Gasteiger partial charge in [0.2, 0.25) is 5.95 Å². The van der Waals surface area contributed by atoms with Gasteiger partial charge in [-0.25, -0.2) is 15.4 Å². The van der Waals surface area contributed by atoms with E-state index in [9.17, 15) is 0 Å². The van der Waals surface area contributed by atoms with Crippen LogP contribution in [0.5, 0.6) is 0 Å². The van der Waals surface area contributed by atoms with Crippen molar-refractivity contribution in [3.05, 3.63) is 76.1 Å². The molecule has 132 valence electrons. The van der Waals surface area contributed by atoms with Gasteiger partial charge in [-0.3, -0.25) is 5.01 Å². The summed E-state index contributed by atoms with van der Waals surface area (Å²) < 4.78 is 0. The number of nitrogens with one attached hydrogen (secondary N) is 1. The molecule has 1 aliphatic rings. The minimum absolute atomic E-state index is 0.742. The Bertz CT molecular complexity index is 958. The lowest BCUT2D eigenvalue weighted by Crippen LogP contribution is -2.42. The average molecular weight is 344 g/mol. The predicted molar refractivity (Wildman–Crippen MR) is 106 cm³/mol. The average Bonchev–Trinajstić information content (AvgIpc) is 2.60. The summed E-state index contributed by atoms with van der Waals surface area (Å²) in [6.07, 6.45) is 0. The number of hydrazine groups is 1. The van der Waals surface area contributed by atoms with Gasteiger partial charge in [0.1, 0.15) is 0 Å². The molecule has 0 spiro atoms. The van der Waals surface area contributed by atoms with Crippen molar-refractivity contribution in [1.29, 1.82) is 0 Å². The third-order valence-corrected chi connectivity index (χ3v) is 4.90. The first-order valence-corrected chi connectivity index (χ1v) is 9.02. The van der Waals surface area contributed by atoms with Crippen LogP contribution in [0.1, 0.15) is 33.6 Å². The molecule has 0 saturated heterocycles. The molecule has 0 amide bonds. The number of rotatable bonds is 2. The van der Waals surface area contributed by atoms with E-state index in [1.165, 1.54) is 33.4 Å². The summed E-state index contributed by atoms with van der Waals surface area (Å²) >= 11 is 0. The van der Waals surface area contributed by atoms with Crippen LogP contribution >= 0.6 is 0 Å². The van der Waals surface area contributed by atoms with Gasteiger partial charge >= 0.3 is 0 Å². The van der Waals surface area contributed by atoms with Crippen molar-refractivity contribution in [1.82, 2.24) is 15.4 Å². The van der Waals surface area contributed by atoms with E-state index < -0.39 is 0 Å². The fourth-order valence-electron chi connectivity index (χ4n) is 3.63. The Morgan fingerprint density at radius 3 is 2.35 bits per heavy atom. The summed E-state index contributed by atoms with van der Waals surface area (Å²) in [5, 5.41) is 2.04. The minimum atomic E-state index is 0.742. The lowest BCUT2D eigenvalue weighted by Gasteiger charge is -2.30. The monoisotopic (exact) mass is 344 g/mol. The molecule has 0 fully saturated rings. The molecule has 4 rings (SSSR count). The van der Waals surface area contributed by atoms with Crippen LogP contribution in [0.15, 0.2) is 42.5 Å². The molecule has 4 nitrogen and oxygen atoms in total. The van der Waals surface area contributed by atoms with Crippen LogP contribution < -0.4 is 10.4 Å². The molecule has 26 heavy (non-hydrogen) atoms. The van der Waals surface area contributed by atoms with E-state index in [1.54, 1.807) is 0 Å². The minimum Gasteiger partial charge on any atom is -0.271 e. The fourth-order valence-corrected chi connectivity index (χ4v) is 3.63. The summed E-state index contributed by atoms with van der Waals surface area (Å²) in [6, 6.07) is 15.4. The molecule has 0 atom stereocenters. The van der Waals surface area contributed by atoms with Crippen molar-refractivity contribution in [2.75, 3.05) is 5.01 Å². The molecule has 1 N–H and O–H groups in total. The largest absolute Gasteiger partial charge is 0.271 e. The first kappa shape index (κ1) is 16.7. The second kappa shape index (κ2) is 6.54. The highest BCUT2D eigenvalue weighted by Gasteiger charge is 2.19. The number of fused-ring (bicyclic) bond motifs is 1. The summed E-state index contributed by atoms with van der Waals surface area (Å²) in [5.41, 5.74) is 13.3. The number of anilines is 1. The van der Waals surface area contributed by atoms with Gasteiger partial charge in [-0.1, -0.05) is 35.9 Å². The SMILES string of the molecule is Cc1ccc(-c2ccc3c(c2)CNN(c2nc(C)cc(C)n2)C3)c(C)c1. The Kier molecular flexibility index (Phi) is 4.21. The molecule has 2 heterocycles. The zero-order chi connectivity index (χ0) is 18.3.